The lowest BCUT2D eigenvalue weighted by Gasteiger charge is -2.17. The van der Waals surface area contributed by atoms with E-state index < -0.39 is 24.6 Å². The summed E-state index contributed by atoms with van der Waals surface area (Å²) >= 11 is 0. The van der Waals surface area contributed by atoms with E-state index in [4.69, 9.17) is 14.7 Å². The molecule has 6 nitrogen and oxygen atoms in total. The molecule has 3 aromatic rings. The molecule has 152 valence electrons. The summed E-state index contributed by atoms with van der Waals surface area (Å²) in [5.41, 5.74) is 1.49. The Hall–Kier alpha value is -3.85. The van der Waals surface area contributed by atoms with Crippen molar-refractivity contribution in [1.82, 2.24) is 5.32 Å². The predicted molar refractivity (Wildman–Crippen MR) is 113 cm³/mol. The van der Waals surface area contributed by atoms with E-state index in [1.165, 1.54) is 6.92 Å². The third-order valence-corrected chi connectivity index (χ3v) is 4.64. The first-order valence-corrected chi connectivity index (χ1v) is 9.58. The van der Waals surface area contributed by atoms with Crippen LogP contribution < -0.4 is 10.1 Å². The smallest absolute Gasteiger partial charge is 0.347 e. The average Bonchev–Trinajstić information content (AvgIpc) is 2.77. The molecule has 0 aromatic heterocycles. The molecule has 30 heavy (non-hydrogen) atoms. The molecule has 6 heteroatoms. The minimum Gasteiger partial charge on any atom is -0.479 e. The molecule has 0 aliphatic carbocycles. The number of hydrogen-bond acceptors (Lipinski definition) is 5. The van der Waals surface area contributed by atoms with Gasteiger partial charge in [-0.05, 0) is 54.4 Å². The van der Waals surface area contributed by atoms with Crippen LogP contribution in [0.25, 0.3) is 10.8 Å². The lowest BCUT2D eigenvalue weighted by atomic mass is 10.00. The molecule has 0 bridgehead atoms. The zero-order valence-corrected chi connectivity index (χ0v) is 16.8. The zero-order valence-electron chi connectivity index (χ0n) is 16.8. The molecule has 1 N–H and O–H groups in total. The van der Waals surface area contributed by atoms with Gasteiger partial charge in [-0.1, -0.05) is 42.5 Å². The number of carbonyl (C=O) groups excluding carboxylic acids is 2. The van der Waals surface area contributed by atoms with Gasteiger partial charge in [0.1, 0.15) is 5.75 Å². The van der Waals surface area contributed by atoms with Crippen LogP contribution in [-0.2, 0) is 14.3 Å². The molecule has 0 unspecified atom stereocenters. The van der Waals surface area contributed by atoms with Gasteiger partial charge in [-0.2, -0.15) is 5.26 Å². The molecule has 0 radical (unpaired) electrons. The van der Waals surface area contributed by atoms with E-state index in [1.807, 2.05) is 55.5 Å². The van der Waals surface area contributed by atoms with Gasteiger partial charge in [0.05, 0.1) is 17.7 Å². The Bertz CT molecular complexity index is 1080. The van der Waals surface area contributed by atoms with Crippen LogP contribution in [0, 0.1) is 11.3 Å². The number of esters is 1. The maximum absolute atomic E-state index is 12.3. The summed E-state index contributed by atoms with van der Waals surface area (Å²) in [6.45, 7) is 3.03. The Kier molecular flexibility index (Phi) is 6.66. The van der Waals surface area contributed by atoms with E-state index in [0.29, 0.717) is 11.3 Å². The number of rotatable bonds is 7. The van der Waals surface area contributed by atoms with Crippen LogP contribution in [0.5, 0.6) is 5.75 Å². The normalized spacial score (nSPS) is 12.4. The highest BCUT2D eigenvalue weighted by molar-refractivity contribution is 5.87. The summed E-state index contributed by atoms with van der Waals surface area (Å²) in [4.78, 5) is 24.4. The molecule has 1 amide bonds. The number of hydrogen-bond donors (Lipinski definition) is 1. The summed E-state index contributed by atoms with van der Waals surface area (Å²) in [7, 11) is 0. The highest BCUT2D eigenvalue weighted by Gasteiger charge is 2.19. The molecule has 0 aliphatic heterocycles. The maximum Gasteiger partial charge on any atom is 0.347 e. The van der Waals surface area contributed by atoms with Crippen LogP contribution in [0.15, 0.2) is 66.7 Å². The molecular formula is C24H22N2O4. The lowest BCUT2D eigenvalue weighted by molar-refractivity contribution is -0.154. The van der Waals surface area contributed by atoms with Crippen molar-refractivity contribution in [3.63, 3.8) is 0 Å². The third-order valence-electron chi connectivity index (χ3n) is 4.64. The second-order valence-corrected chi connectivity index (χ2v) is 6.86. The fourth-order valence-electron chi connectivity index (χ4n) is 3.10. The molecule has 3 rings (SSSR count). The van der Waals surface area contributed by atoms with E-state index in [9.17, 15) is 9.59 Å². The largest absolute Gasteiger partial charge is 0.479 e. The fourth-order valence-corrected chi connectivity index (χ4v) is 3.10. The highest BCUT2D eigenvalue weighted by atomic mass is 16.6. The van der Waals surface area contributed by atoms with E-state index in [0.717, 1.165) is 16.3 Å². The predicted octanol–water partition coefficient (Wildman–Crippen LogP) is 3.90. The average molecular weight is 402 g/mol. The Morgan fingerprint density at radius 3 is 2.43 bits per heavy atom. The van der Waals surface area contributed by atoms with Gasteiger partial charge in [0.25, 0.3) is 5.91 Å². The van der Waals surface area contributed by atoms with Crippen molar-refractivity contribution in [1.29, 1.82) is 5.26 Å². The molecule has 3 aromatic carbocycles. The van der Waals surface area contributed by atoms with Crippen molar-refractivity contribution < 1.29 is 19.1 Å². The number of benzene rings is 3. The summed E-state index contributed by atoms with van der Waals surface area (Å²) in [5, 5.41) is 13.8. The monoisotopic (exact) mass is 402 g/mol. The second kappa shape index (κ2) is 9.57. The lowest BCUT2D eigenvalue weighted by Crippen LogP contribution is -2.34. The van der Waals surface area contributed by atoms with Gasteiger partial charge >= 0.3 is 5.97 Å². The number of ether oxygens (including phenoxy) is 2. The number of carbonyl (C=O) groups is 2. The van der Waals surface area contributed by atoms with Crippen molar-refractivity contribution >= 4 is 22.6 Å². The third kappa shape index (κ3) is 5.15. The van der Waals surface area contributed by atoms with Gasteiger partial charge < -0.3 is 14.8 Å². The Morgan fingerprint density at radius 2 is 1.70 bits per heavy atom. The maximum atomic E-state index is 12.3. The molecule has 0 aliphatic rings. The number of nitrogens with one attached hydrogen (secondary N) is 1. The number of fused-ring (bicyclic) bond motifs is 1. The van der Waals surface area contributed by atoms with Crippen molar-refractivity contribution in [2.24, 2.45) is 0 Å². The molecule has 0 heterocycles. The summed E-state index contributed by atoms with van der Waals surface area (Å²) in [5.74, 6) is -0.603. The minimum atomic E-state index is -0.888. The van der Waals surface area contributed by atoms with Gasteiger partial charge in [-0.25, -0.2) is 4.79 Å². The molecule has 2 atom stereocenters. The van der Waals surface area contributed by atoms with Gasteiger partial charge in [0.2, 0.25) is 0 Å². The van der Waals surface area contributed by atoms with E-state index >= 15 is 0 Å². The first-order chi connectivity index (χ1) is 14.5. The van der Waals surface area contributed by atoms with E-state index in [1.54, 1.807) is 24.3 Å². The molecular weight excluding hydrogens is 380 g/mol. The SMILES string of the molecule is C[C@H](Oc1ccc(C#N)cc1)C(=O)OCC(=O)N[C@@H](C)c1cccc2ccccc12. The molecule has 0 fully saturated rings. The first-order valence-electron chi connectivity index (χ1n) is 9.58. The van der Waals surface area contributed by atoms with Crippen LogP contribution in [-0.4, -0.2) is 24.6 Å². The fraction of sp³-hybridized carbons (Fsp3) is 0.208. The van der Waals surface area contributed by atoms with E-state index in [2.05, 4.69) is 5.32 Å². The summed E-state index contributed by atoms with van der Waals surface area (Å²) < 4.78 is 10.6. The van der Waals surface area contributed by atoms with Crippen LogP contribution in [0.1, 0.15) is 31.0 Å². The zero-order chi connectivity index (χ0) is 21.5. The van der Waals surface area contributed by atoms with Crippen molar-refractivity contribution in [3.8, 4) is 11.8 Å². The van der Waals surface area contributed by atoms with Crippen LogP contribution >= 0.6 is 0 Å². The van der Waals surface area contributed by atoms with Crippen LogP contribution in [0.2, 0.25) is 0 Å². The van der Waals surface area contributed by atoms with Gasteiger partial charge in [0.15, 0.2) is 12.7 Å². The Morgan fingerprint density at radius 1 is 1.00 bits per heavy atom. The first kappa shape index (κ1) is 20.9. The molecule has 0 saturated carbocycles. The summed E-state index contributed by atoms with van der Waals surface area (Å²) in [6, 6.07) is 22.0. The van der Waals surface area contributed by atoms with Gasteiger partial charge in [0, 0.05) is 0 Å². The van der Waals surface area contributed by atoms with Crippen molar-refractivity contribution in [2.75, 3.05) is 6.61 Å². The minimum absolute atomic E-state index is 0.241. The number of nitriles is 1. The van der Waals surface area contributed by atoms with E-state index in [-0.39, 0.29) is 6.04 Å². The summed E-state index contributed by atoms with van der Waals surface area (Å²) in [6.07, 6.45) is -0.888. The molecule has 0 spiro atoms. The Labute approximate surface area is 175 Å². The second-order valence-electron chi connectivity index (χ2n) is 6.86. The standard InChI is InChI=1S/C24H22N2O4/c1-16(21-9-5-7-19-6-3-4-8-22(19)21)26-23(27)15-29-24(28)17(2)30-20-12-10-18(14-25)11-13-20/h3-13,16-17H,15H2,1-2H3,(H,26,27)/t16-,17-/m0/s1. The Balaban J connectivity index is 1.51. The highest BCUT2D eigenvalue weighted by Crippen LogP contribution is 2.24. The van der Waals surface area contributed by atoms with Crippen LogP contribution in [0.4, 0.5) is 0 Å². The van der Waals surface area contributed by atoms with Crippen LogP contribution in [0.3, 0.4) is 0 Å². The quantitative estimate of drug-likeness (QED) is 0.606. The number of nitrogens with zero attached hydrogens (tertiary/aromatic N) is 1. The topological polar surface area (TPSA) is 88.4 Å². The van der Waals surface area contributed by atoms with Gasteiger partial charge in [-0.15, -0.1) is 0 Å². The number of amides is 1. The van der Waals surface area contributed by atoms with Gasteiger partial charge in [-0.3, -0.25) is 4.79 Å². The molecule has 0 saturated heterocycles. The van der Waals surface area contributed by atoms with Crippen molar-refractivity contribution in [3.05, 3.63) is 77.9 Å². The van der Waals surface area contributed by atoms with Crippen molar-refractivity contribution in [2.45, 2.75) is 26.0 Å².